The van der Waals surface area contributed by atoms with Crippen LogP contribution in [0.1, 0.15) is 46.1 Å². The quantitative estimate of drug-likeness (QED) is 0.755. The van der Waals surface area contributed by atoms with Crippen LogP contribution in [-0.2, 0) is 6.42 Å². The lowest BCUT2D eigenvalue weighted by molar-refractivity contribution is 0.267. The van der Waals surface area contributed by atoms with Crippen LogP contribution < -0.4 is 5.32 Å². The van der Waals surface area contributed by atoms with Gasteiger partial charge in [-0.05, 0) is 40.6 Å². The zero-order valence-electron chi connectivity index (χ0n) is 11.0. The normalized spacial score (nSPS) is 15.3. The minimum absolute atomic E-state index is 0.403. The van der Waals surface area contributed by atoms with Crippen LogP contribution in [0.2, 0.25) is 0 Å². The van der Waals surface area contributed by atoms with E-state index in [1.807, 2.05) is 0 Å². The Morgan fingerprint density at radius 3 is 2.69 bits per heavy atom. The summed E-state index contributed by atoms with van der Waals surface area (Å²) in [6, 6.07) is 2.84. The summed E-state index contributed by atoms with van der Waals surface area (Å²) in [6.45, 7) is 10.2. The summed E-state index contributed by atoms with van der Waals surface area (Å²) in [4.78, 5) is 0. The highest BCUT2D eigenvalue weighted by molar-refractivity contribution is 7.07. The Labute approximate surface area is 104 Å². The minimum atomic E-state index is 0.403. The van der Waals surface area contributed by atoms with Crippen molar-refractivity contribution in [2.45, 2.75) is 53.0 Å². The van der Waals surface area contributed by atoms with Gasteiger partial charge in [-0.2, -0.15) is 11.3 Å². The molecule has 0 aliphatic rings. The van der Waals surface area contributed by atoms with Gasteiger partial charge in [0, 0.05) is 12.6 Å². The molecular formula is C14H25NS. The molecule has 1 heterocycles. The zero-order chi connectivity index (χ0) is 12.0. The maximum Gasteiger partial charge on any atom is 0.00107 e. The van der Waals surface area contributed by atoms with Gasteiger partial charge in [-0.1, -0.05) is 34.1 Å². The van der Waals surface area contributed by atoms with Crippen molar-refractivity contribution >= 4 is 11.3 Å². The van der Waals surface area contributed by atoms with Crippen molar-refractivity contribution in [2.75, 3.05) is 6.54 Å². The standard InChI is InChI=1S/C14H25NS/c1-5-7-14(4,11-15-12(2)3)9-13-6-8-16-10-13/h6,8,10,12,15H,5,7,9,11H2,1-4H3. The first-order valence-corrected chi connectivity index (χ1v) is 7.24. The van der Waals surface area contributed by atoms with Gasteiger partial charge in [0.1, 0.15) is 0 Å². The Hall–Kier alpha value is -0.340. The summed E-state index contributed by atoms with van der Waals surface area (Å²) >= 11 is 1.80. The molecular weight excluding hydrogens is 214 g/mol. The van der Waals surface area contributed by atoms with Crippen LogP contribution in [0.4, 0.5) is 0 Å². The van der Waals surface area contributed by atoms with Gasteiger partial charge in [0.15, 0.2) is 0 Å². The molecule has 1 N–H and O–H groups in total. The number of hydrogen-bond acceptors (Lipinski definition) is 2. The topological polar surface area (TPSA) is 12.0 Å². The largest absolute Gasteiger partial charge is 0.314 e. The maximum atomic E-state index is 3.59. The second-order valence-electron chi connectivity index (χ2n) is 5.40. The molecule has 1 atom stereocenters. The number of nitrogens with one attached hydrogen (secondary N) is 1. The van der Waals surface area contributed by atoms with Crippen LogP contribution in [0.5, 0.6) is 0 Å². The minimum Gasteiger partial charge on any atom is -0.314 e. The van der Waals surface area contributed by atoms with Crippen molar-refractivity contribution in [3.8, 4) is 0 Å². The van der Waals surface area contributed by atoms with Crippen LogP contribution in [0.3, 0.4) is 0 Å². The highest BCUT2D eigenvalue weighted by Gasteiger charge is 2.23. The van der Waals surface area contributed by atoms with Gasteiger partial charge in [0.05, 0.1) is 0 Å². The van der Waals surface area contributed by atoms with E-state index in [9.17, 15) is 0 Å². The maximum absolute atomic E-state index is 3.59. The van der Waals surface area contributed by atoms with E-state index >= 15 is 0 Å². The molecule has 1 aromatic rings. The molecule has 0 saturated heterocycles. The van der Waals surface area contributed by atoms with Crippen molar-refractivity contribution in [1.29, 1.82) is 0 Å². The summed E-state index contributed by atoms with van der Waals surface area (Å²) < 4.78 is 0. The molecule has 0 amide bonds. The Kier molecular flexibility index (Phi) is 5.50. The first-order valence-electron chi connectivity index (χ1n) is 6.30. The zero-order valence-corrected chi connectivity index (χ0v) is 11.9. The highest BCUT2D eigenvalue weighted by Crippen LogP contribution is 2.28. The van der Waals surface area contributed by atoms with Crippen molar-refractivity contribution < 1.29 is 0 Å². The molecule has 2 heteroatoms. The summed E-state index contributed by atoms with van der Waals surface area (Å²) in [7, 11) is 0. The molecule has 0 aromatic carbocycles. The number of thiophene rings is 1. The predicted octanol–water partition coefficient (Wildman–Crippen LogP) is 4.10. The van der Waals surface area contributed by atoms with E-state index in [-0.39, 0.29) is 0 Å². The molecule has 0 saturated carbocycles. The average Bonchev–Trinajstić information content (AvgIpc) is 2.68. The van der Waals surface area contributed by atoms with E-state index in [0.717, 1.165) is 6.54 Å². The Morgan fingerprint density at radius 2 is 2.19 bits per heavy atom. The van der Waals surface area contributed by atoms with Gasteiger partial charge in [-0.15, -0.1) is 0 Å². The van der Waals surface area contributed by atoms with E-state index in [2.05, 4.69) is 49.8 Å². The molecule has 1 unspecified atom stereocenters. The number of hydrogen-bond donors (Lipinski definition) is 1. The molecule has 0 spiro atoms. The summed E-state index contributed by atoms with van der Waals surface area (Å²) in [5, 5.41) is 8.05. The summed E-state index contributed by atoms with van der Waals surface area (Å²) in [5.74, 6) is 0. The molecule has 1 aromatic heterocycles. The number of rotatable bonds is 7. The van der Waals surface area contributed by atoms with Gasteiger partial charge >= 0.3 is 0 Å². The monoisotopic (exact) mass is 239 g/mol. The fourth-order valence-corrected chi connectivity index (χ4v) is 2.85. The second-order valence-corrected chi connectivity index (χ2v) is 6.18. The third-order valence-electron chi connectivity index (χ3n) is 3.00. The molecule has 0 fully saturated rings. The van der Waals surface area contributed by atoms with Crippen LogP contribution in [0, 0.1) is 5.41 Å². The van der Waals surface area contributed by atoms with E-state index in [4.69, 9.17) is 0 Å². The summed E-state index contributed by atoms with van der Waals surface area (Å²) in [5.41, 5.74) is 1.90. The van der Waals surface area contributed by atoms with E-state index in [1.54, 1.807) is 11.3 Å². The van der Waals surface area contributed by atoms with Crippen molar-refractivity contribution in [3.05, 3.63) is 22.4 Å². The lowest BCUT2D eigenvalue weighted by Gasteiger charge is -2.30. The van der Waals surface area contributed by atoms with Crippen molar-refractivity contribution in [1.82, 2.24) is 5.32 Å². The van der Waals surface area contributed by atoms with Crippen LogP contribution in [-0.4, -0.2) is 12.6 Å². The molecule has 1 rings (SSSR count). The molecule has 92 valence electrons. The predicted molar refractivity (Wildman–Crippen MR) is 74.2 cm³/mol. The van der Waals surface area contributed by atoms with E-state index in [0.29, 0.717) is 11.5 Å². The Morgan fingerprint density at radius 1 is 1.44 bits per heavy atom. The van der Waals surface area contributed by atoms with Crippen LogP contribution in [0.25, 0.3) is 0 Å². The Bertz CT molecular complexity index is 279. The van der Waals surface area contributed by atoms with Crippen molar-refractivity contribution in [3.63, 3.8) is 0 Å². The third kappa shape index (κ3) is 4.67. The van der Waals surface area contributed by atoms with Gasteiger partial charge in [-0.3, -0.25) is 0 Å². The van der Waals surface area contributed by atoms with Crippen LogP contribution >= 0.6 is 11.3 Å². The second kappa shape index (κ2) is 6.41. The SMILES string of the molecule is CCCC(C)(CNC(C)C)Cc1ccsc1. The molecule has 0 bridgehead atoms. The first kappa shape index (κ1) is 13.7. The van der Waals surface area contributed by atoms with Gasteiger partial charge < -0.3 is 5.32 Å². The van der Waals surface area contributed by atoms with E-state index < -0.39 is 0 Å². The van der Waals surface area contributed by atoms with Crippen LogP contribution in [0.15, 0.2) is 16.8 Å². The van der Waals surface area contributed by atoms with E-state index in [1.165, 1.54) is 24.8 Å². The molecule has 16 heavy (non-hydrogen) atoms. The molecule has 0 aliphatic heterocycles. The lowest BCUT2D eigenvalue weighted by Crippen LogP contribution is -2.37. The highest BCUT2D eigenvalue weighted by atomic mass is 32.1. The van der Waals surface area contributed by atoms with Gasteiger partial charge in [-0.25, -0.2) is 0 Å². The first-order chi connectivity index (χ1) is 7.56. The smallest absolute Gasteiger partial charge is 0.00107 e. The molecule has 1 nitrogen and oxygen atoms in total. The van der Waals surface area contributed by atoms with Gasteiger partial charge in [0.2, 0.25) is 0 Å². The third-order valence-corrected chi connectivity index (χ3v) is 3.73. The molecule has 0 radical (unpaired) electrons. The fraction of sp³-hybridized carbons (Fsp3) is 0.714. The average molecular weight is 239 g/mol. The fourth-order valence-electron chi connectivity index (χ4n) is 2.18. The van der Waals surface area contributed by atoms with Crippen molar-refractivity contribution in [2.24, 2.45) is 5.41 Å². The van der Waals surface area contributed by atoms with Gasteiger partial charge in [0.25, 0.3) is 0 Å². The summed E-state index contributed by atoms with van der Waals surface area (Å²) in [6.07, 6.45) is 3.76. The molecule has 0 aliphatic carbocycles. The lowest BCUT2D eigenvalue weighted by atomic mass is 9.80. The Balaban J connectivity index is 2.56.